The first-order chi connectivity index (χ1) is 17.6. The lowest BCUT2D eigenvalue weighted by molar-refractivity contribution is -0.334. The molecule has 3 fully saturated rings. The van der Waals surface area contributed by atoms with Gasteiger partial charge in [-0.15, -0.1) is 0 Å². The van der Waals surface area contributed by atoms with Crippen molar-refractivity contribution in [2.75, 3.05) is 41.3 Å². The van der Waals surface area contributed by atoms with E-state index in [0.29, 0.717) is 6.42 Å². The van der Waals surface area contributed by atoms with Gasteiger partial charge in [0, 0.05) is 18.6 Å². The van der Waals surface area contributed by atoms with Crippen LogP contribution in [0.2, 0.25) is 0 Å². The molecule has 2 heterocycles. The molecule has 1 aliphatic carbocycles. The molecular weight excluding hydrogens is 496 g/mol. The van der Waals surface area contributed by atoms with Crippen LogP contribution in [0.3, 0.4) is 0 Å². The molecule has 15 atom stereocenters. The average molecular weight is 541 g/mol. The molecule has 15 heteroatoms. The van der Waals surface area contributed by atoms with Gasteiger partial charge in [-0.3, -0.25) is 0 Å². The summed E-state index contributed by atoms with van der Waals surface area (Å²) in [5.41, 5.74) is 0. The van der Waals surface area contributed by atoms with Gasteiger partial charge in [-0.25, -0.2) is 0 Å². The molecule has 11 N–H and O–H groups in total. The Hall–Kier alpha value is -0.600. The predicted molar refractivity (Wildman–Crippen MR) is 127 cm³/mol. The van der Waals surface area contributed by atoms with Crippen LogP contribution < -0.4 is 21.3 Å². The Balaban J connectivity index is 1.80. The molecule has 0 bridgehead atoms. The fourth-order valence-corrected chi connectivity index (χ4v) is 5.37. The Morgan fingerprint density at radius 1 is 0.649 bits per heavy atom. The van der Waals surface area contributed by atoms with Crippen LogP contribution >= 0.6 is 0 Å². The van der Waals surface area contributed by atoms with Crippen molar-refractivity contribution in [1.29, 1.82) is 0 Å². The smallest absolute Gasteiger partial charge is 0.187 e. The van der Waals surface area contributed by atoms with Gasteiger partial charge < -0.3 is 76.0 Å². The zero-order valence-electron chi connectivity index (χ0n) is 21.5. The summed E-state index contributed by atoms with van der Waals surface area (Å²) in [5, 5.41) is 85.1. The van der Waals surface area contributed by atoms with Crippen LogP contribution in [0.1, 0.15) is 6.42 Å². The van der Waals surface area contributed by atoms with E-state index in [1.54, 1.807) is 28.2 Å². The maximum Gasteiger partial charge on any atom is 0.187 e. The fraction of sp³-hybridized carbons (Fsp3) is 1.00. The van der Waals surface area contributed by atoms with Crippen LogP contribution in [-0.2, 0) is 18.9 Å². The lowest BCUT2D eigenvalue weighted by Crippen LogP contribution is -2.69. The number of ether oxygens (including phenoxy) is 4. The maximum atomic E-state index is 11.4. The molecule has 9 unspecified atom stereocenters. The minimum absolute atomic E-state index is 0.183. The van der Waals surface area contributed by atoms with Gasteiger partial charge in [0.1, 0.15) is 61.0 Å². The molecule has 218 valence electrons. The molecule has 0 spiro atoms. The molecule has 3 rings (SSSR count). The van der Waals surface area contributed by atoms with E-state index in [9.17, 15) is 35.7 Å². The quantitative estimate of drug-likeness (QED) is 0.124. The molecule has 2 saturated heterocycles. The van der Waals surface area contributed by atoms with Gasteiger partial charge in [-0.05, 0) is 34.6 Å². The normalized spacial score (nSPS) is 49.2. The standard InChI is InChI=1S/C22H44N4O11/c1-23-6-10-14(29)16(31)17(32)22(34-10)37-20-9(25-3)5-8(24-2)19(18(20)33)36-21-15(30)12(26-4)13(28)11(7-27)35-21/h8-33H,5-7H2,1-4H3/t8-,9?,10?,11?,12?,13?,14-,15?,16-,17?,18-,19-,20?,21?,22-/m1/s1. The van der Waals surface area contributed by atoms with Crippen molar-refractivity contribution in [2.24, 2.45) is 0 Å². The summed E-state index contributed by atoms with van der Waals surface area (Å²) >= 11 is 0. The highest BCUT2D eigenvalue weighted by Crippen LogP contribution is 2.32. The summed E-state index contributed by atoms with van der Waals surface area (Å²) in [5.74, 6) is 0. The van der Waals surface area contributed by atoms with E-state index in [4.69, 9.17) is 18.9 Å². The van der Waals surface area contributed by atoms with Gasteiger partial charge in [-0.2, -0.15) is 0 Å². The third kappa shape index (κ3) is 6.42. The molecule has 0 amide bonds. The van der Waals surface area contributed by atoms with E-state index >= 15 is 0 Å². The van der Waals surface area contributed by atoms with Crippen molar-refractivity contribution in [3.63, 3.8) is 0 Å². The Kier molecular flexibility index (Phi) is 11.4. The molecule has 2 aliphatic heterocycles. The number of rotatable bonds is 10. The third-order valence-electron chi connectivity index (χ3n) is 7.59. The van der Waals surface area contributed by atoms with E-state index in [1.165, 1.54) is 0 Å². The second kappa shape index (κ2) is 13.6. The highest BCUT2D eigenvalue weighted by Gasteiger charge is 2.52. The van der Waals surface area contributed by atoms with Crippen molar-refractivity contribution in [3.05, 3.63) is 0 Å². The number of hydrogen-bond donors (Lipinski definition) is 11. The second-order valence-corrected chi connectivity index (χ2v) is 9.81. The van der Waals surface area contributed by atoms with E-state index < -0.39 is 98.4 Å². The van der Waals surface area contributed by atoms with E-state index in [0.717, 1.165) is 0 Å². The predicted octanol–water partition coefficient (Wildman–Crippen LogP) is -6.25. The van der Waals surface area contributed by atoms with Gasteiger partial charge >= 0.3 is 0 Å². The largest absolute Gasteiger partial charge is 0.394 e. The molecule has 0 aromatic heterocycles. The summed E-state index contributed by atoms with van der Waals surface area (Å²) in [6.07, 6.45) is -14.5. The lowest BCUT2D eigenvalue weighted by Gasteiger charge is -2.49. The van der Waals surface area contributed by atoms with Crippen molar-refractivity contribution < 1.29 is 54.7 Å². The summed E-state index contributed by atoms with van der Waals surface area (Å²) in [6, 6.07) is -1.73. The number of likely N-dealkylation sites (N-methyl/N-ethyl adjacent to an activating group) is 4. The minimum Gasteiger partial charge on any atom is -0.394 e. The van der Waals surface area contributed by atoms with Gasteiger partial charge in [0.05, 0.1) is 12.6 Å². The monoisotopic (exact) mass is 540 g/mol. The van der Waals surface area contributed by atoms with Gasteiger partial charge in [0.15, 0.2) is 12.6 Å². The molecule has 37 heavy (non-hydrogen) atoms. The first-order valence-corrected chi connectivity index (χ1v) is 12.6. The Labute approximate surface area is 216 Å². The van der Waals surface area contributed by atoms with Gasteiger partial charge in [0.25, 0.3) is 0 Å². The van der Waals surface area contributed by atoms with E-state index in [1.807, 2.05) is 0 Å². The maximum absolute atomic E-state index is 11.4. The number of hydrogen-bond acceptors (Lipinski definition) is 15. The van der Waals surface area contributed by atoms with Crippen molar-refractivity contribution in [2.45, 2.75) is 98.2 Å². The summed E-state index contributed by atoms with van der Waals surface area (Å²) < 4.78 is 23.4. The van der Waals surface area contributed by atoms with Crippen molar-refractivity contribution in [3.8, 4) is 0 Å². The highest BCUT2D eigenvalue weighted by molar-refractivity contribution is 5.03. The van der Waals surface area contributed by atoms with Crippen LogP contribution in [0.25, 0.3) is 0 Å². The first-order valence-electron chi connectivity index (χ1n) is 12.6. The summed E-state index contributed by atoms with van der Waals surface area (Å²) in [6.45, 7) is -0.330. The molecule has 15 nitrogen and oxygen atoms in total. The second-order valence-electron chi connectivity index (χ2n) is 9.81. The van der Waals surface area contributed by atoms with Crippen molar-refractivity contribution in [1.82, 2.24) is 21.3 Å². The van der Waals surface area contributed by atoms with Crippen LogP contribution in [0, 0.1) is 0 Å². The van der Waals surface area contributed by atoms with Crippen LogP contribution in [-0.4, -0.2) is 169 Å². The van der Waals surface area contributed by atoms with Crippen LogP contribution in [0.15, 0.2) is 0 Å². The number of aliphatic hydroxyl groups excluding tert-OH is 7. The molecule has 0 aromatic carbocycles. The fourth-order valence-electron chi connectivity index (χ4n) is 5.37. The average Bonchev–Trinajstić information content (AvgIpc) is 2.89. The van der Waals surface area contributed by atoms with Gasteiger partial charge in [-0.1, -0.05) is 0 Å². The van der Waals surface area contributed by atoms with Crippen LogP contribution in [0.5, 0.6) is 0 Å². The first kappa shape index (κ1) is 30.9. The Morgan fingerprint density at radius 2 is 1.19 bits per heavy atom. The Bertz CT molecular complexity index is 699. The number of nitrogens with one attached hydrogen (secondary N) is 4. The van der Waals surface area contributed by atoms with E-state index in [2.05, 4.69) is 21.3 Å². The zero-order valence-corrected chi connectivity index (χ0v) is 21.5. The molecule has 0 aromatic rings. The van der Waals surface area contributed by atoms with Gasteiger partial charge in [0.2, 0.25) is 0 Å². The van der Waals surface area contributed by atoms with Crippen LogP contribution in [0.4, 0.5) is 0 Å². The highest BCUT2D eigenvalue weighted by atomic mass is 16.7. The third-order valence-corrected chi connectivity index (χ3v) is 7.59. The Morgan fingerprint density at radius 3 is 1.68 bits per heavy atom. The molecule has 1 saturated carbocycles. The zero-order chi connectivity index (χ0) is 27.4. The lowest BCUT2D eigenvalue weighted by atomic mass is 9.83. The molecule has 0 radical (unpaired) electrons. The topological polar surface area (TPSA) is 227 Å². The summed E-state index contributed by atoms with van der Waals surface area (Å²) in [4.78, 5) is 0. The summed E-state index contributed by atoms with van der Waals surface area (Å²) in [7, 11) is 6.56. The molecular formula is C22H44N4O11. The molecule has 3 aliphatic rings. The van der Waals surface area contributed by atoms with Crippen molar-refractivity contribution >= 4 is 0 Å². The SMILES string of the molecule is CNCC1O[C@H](OC2C(NC)C[C@@H](NC)[C@@H](OC3OC(CO)C(O)C(NC)C3O)[C@H]2O)C(O)[C@H](O)[C@@H]1O. The van der Waals surface area contributed by atoms with E-state index in [-0.39, 0.29) is 6.54 Å². The minimum atomic E-state index is -1.58. The number of aliphatic hydroxyl groups is 7.